The third-order valence-electron chi connectivity index (χ3n) is 13.1. The van der Waals surface area contributed by atoms with Gasteiger partial charge in [0, 0.05) is 39.8 Å². The summed E-state index contributed by atoms with van der Waals surface area (Å²) in [6.07, 6.45) is -9.04. The molecule has 1 saturated heterocycles. The van der Waals surface area contributed by atoms with E-state index in [0.29, 0.717) is 0 Å². The fraction of sp³-hybridized carbons (Fsp3) is 0.500. The van der Waals surface area contributed by atoms with Crippen molar-refractivity contribution < 1.29 is 90.5 Å². The zero-order valence-corrected chi connectivity index (χ0v) is 37.2. The van der Waals surface area contributed by atoms with Crippen LogP contribution < -0.4 is 0 Å². The summed E-state index contributed by atoms with van der Waals surface area (Å²) < 4.78 is 61.3. The molecule has 7 rings (SSSR count). The largest absolute Gasteiger partial charge is 0.472 e. The minimum atomic E-state index is -2.94. The molecule has 352 valence electrons. The van der Waals surface area contributed by atoms with Crippen LogP contribution in [0.4, 0.5) is 0 Å². The summed E-state index contributed by atoms with van der Waals surface area (Å²) in [5, 5.41) is 13.9. The summed E-state index contributed by atoms with van der Waals surface area (Å²) in [7, 11) is 0. The Bertz CT molecular complexity index is 2420. The molecule has 66 heavy (non-hydrogen) atoms. The highest BCUT2D eigenvalue weighted by molar-refractivity contribution is 5.92. The highest BCUT2D eigenvalue weighted by atomic mass is 16.7. The molecule has 20 heteroatoms. The number of carbonyl (C=O) groups excluding carboxylic acids is 8. The number of hydrogen-bond donors (Lipinski definition) is 1. The van der Waals surface area contributed by atoms with Crippen molar-refractivity contribution in [2.75, 3.05) is 13.2 Å². The van der Waals surface area contributed by atoms with Gasteiger partial charge >= 0.3 is 47.8 Å². The van der Waals surface area contributed by atoms with Crippen molar-refractivity contribution in [1.29, 1.82) is 0 Å². The second-order valence-corrected chi connectivity index (χ2v) is 17.3. The highest BCUT2D eigenvalue weighted by Crippen LogP contribution is 2.70. The number of benzene rings is 1. The molecule has 1 aromatic carbocycles. The van der Waals surface area contributed by atoms with Gasteiger partial charge in [0.15, 0.2) is 30.0 Å². The molecule has 13 unspecified atom stereocenters. The van der Waals surface area contributed by atoms with Gasteiger partial charge in [0.1, 0.15) is 48.3 Å². The monoisotopic (exact) mass is 919 g/mol. The summed E-state index contributed by atoms with van der Waals surface area (Å²) in [5.41, 5.74) is -10.9. The standard InChI is InChI=1S/C46H49NO19/c1-22-23(2)39(52)65-36-34(63-41(54)29-16-18-57-19-29)38(62-27(6)51)45(21-58-24(3)48)37(61-26(5)50)33(60-25(4)49)31-35(64-40(53)28-13-10-9-11-14-28)46(45,44(36,8)56)66-43(31,7)20-59-42(55)30-15-12-17-47-32(22)30/h9-19,22-23,31,33-38,56H,20-21H2,1-8H3. The van der Waals surface area contributed by atoms with E-state index in [-0.39, 0.29) is 22.4 Å². The summed E-state index contributed by atoms with van der Waals surface area (Å²) in [5.74, 6) is -12.2. The molecular weight excluding hydrogens is 870 g/mol. The van der Waals surface area contributed by atoms with Crippen LogP contribution in [0, 0.1) is 17.3 Å². The van der Waals surface area contributed by atoms with Gasteiger partial charge in [0.2, 0.25) is 0 Å². The van der Waals surface area contributed by atoms with Gasteiger partial charge in [-0.05, 0) is 44.2 Å². The van der Waals surface area contributed by atoms with Crippen molar-refractivity contribution in [2.45, 2.75) is 115 Å². The van der Waals surface area contributed by atoms with Crippen LogP contribution in [0.2, 0.25) is 0 Å². The Balaban J connectivity index is 1.64. The number of pyridine rings is 1. The van der Waals surface area contributed by atoms with Gasteiger partial charge in [0.05, 0.1) is 40.5 Å². The number of cyclic esters (lactones) is 1. The minimum absolute atomic E-state index is 0.0436. The van der Waals surface area contributed by atoms with Crippen molar-refractivity contribution in [2.24, 2.45) is 17.3 Å². The van der Waals surface area contributed by atoms with Gasteiger partial charge in [-0.25, -0.2) is 14.4 Å². The van der Waals surface area contributed by atoms with E-state index < -0.39 is 138 Å². The van der Waals surface area contributed by atoms with Gasteiger partial charge in [-0.1, -0.05) is 32.0 Å². The number of furan rings is 1. The molecular formula is C46H49NO19. The summed E-state index contributed by atoms with van der Waals surface area (Å²) in [6.45, 7) is 7.54. The Morgan fingerprint density at radius 2 is 1.38 bits per heavy atom. The van der Waals surface area contributed by atoms with Crippen LogP contribution in [0.3, 0.4) is 0 Å². The first-order valence-electron chi connectivity index (χ1n) is 21.0. The molecule has 2 aromatic heterocycles. The molecule has 2 saturated carbocycles. The van der Waals surface area contributed by atoms with Crippen LogP contribution in [-0.4, -0.2) is 124 Å². The second kappa shape index (κ2) is 17.6. The smallest absolute Gasteiger partial charge is 0.341 e. The molecule has 13 atom stereocenters. The van der Waals surface area contributed by atoms with Gasteiger partial charge < -0.3 is 52.2 Å². The number of carbonyl (C=O) groups is 8. The molecule has 1 N–H and O–H groups in total. The molecule has 4 heterocycles. The van der Waals surface area contributed by atoms with Crippen LogP contribution in [0.25, 0.3) is 0 Å². The van der Waals surface area contributed by atoms with Gasteiger partial charge in [0.25, 0.3) is 0 Å². The van der Waals surface area contributed by atoms with Crippen molar-refractivity contribution in [3.63, 3.8) is 0 Å². The zero-order chi connectivity index (χ0) is 48.1. The normalized spacial score (nSPS) is 34.5. The second-order valence-electron chi connectivity index (χ2n) is 17.3. The minimum Gasteiger partial charge on any atom is -0.472 e. The molecule has 2 aliphatic heterocycles. The van der Waals surface area contributed by atoms with Crippen LogP contribution in [-0.2, 0) is 66.6 Å². The van der Waals surface area contributed by atoms with E-state index in [4.69, 9.17) is 47.0 Å². The van der Waals surface area contributed by atoms with Gasteiger partial charge in [-0.15, -0.1) is 0 Å². The zero-order valence-electron chi connectivity index (χ0n) is 37.2. The predicted molar refractivity (Wildman–Crippen MR) is 218 cm³/mol. The lowest BCUT2D eigenvalue weighted by atomic mass is 9.45. The summed E-state index contributed by atoms with van der Waals surface area (Å²) in [4.78, 5) is 116. The Kier molecular flexibility index (Phi) is 12.6. The molecule has 4 bridgehead atoms. The average molecular weight is 920 g/mol. The Morgan fingerprint density at radius 3 is 1.98 bits per heavy atom. The molecule has 4 aliphatic rings. The molecule has 0 amide bonds. The van der Waals surface area contributed by atoms with Crippen molar-refractivity contribution in [1.82, 2.24) is 4.98 Å². The molecule has 3 aromatic rings. The molecule has 1 spiro atoms. The van der Waals surface area contributed by atoms with E-state index in [1.165, 1.54) is 62.5 Å². The van der Waals surface area contributed by atoms with E-state index in [1.54, 1.807) is 13.0 Å². The predicted octanol–water partition coefficient (Wildman–Crippen LogP) is 3.21. The lowest BCUT2D eigenvalue weighted by Gasteiger charge is -2.67. The first kappa shape index (κ1) is 47.3. The Labute approximate surface area is 377 Å². The topological polar surface area (TPSA) is 266 Å². The van der Waals surface area contributed by atoms with E-state index in [9.17, 15) is 43.5 Å². The van der Waals surface area contributed by atoms with Gasteiger partial charge in [-0.2, -0.15) is 0 Å². The first-order valence-corrected chi connectivity index (χ1v) is 21.0. The summed E-state index contributed by atoms with van der Waals surface area (Å²) in [6, 6.07) is 11.6. The average Bonchev–Trinajstić information content (AvgIpc) is 3.88. The number of fused-ring (bicyclic) bond motifs is 5. The first-order chi connectivity index (χ1) is 31.1. The maximum atomic E-state index is 14.7. The molecule has 20 nitrogen and oxygen atoms in total. The van der Waals surface area contributed by atoms with E-state index in [2.05, 4.69) is 4.98 Å². The van der Waals surface area contributed by atoms with Crippen molar-refractivity contribution in [3.8, 4) is 0 Å². The van der Waals surface area contributed by atoms with Crippen molar-refractivity contribution in [3.05, 3.63) is 89.6 Å². The highest BCUT2D eigenvalue weighted by Gasteiger charge is 2.92. The lowest BCUT2D eigenvalue weighted by molar-refractivity contribution is -0.385. The van der Waals surface area contributed by atoms with Crippen LogP contribution in [0.1, 0.15) is 98.1 Å². The fourth-order valence-electron chi connectivity index (χ4n) is 10.2. The lowest BCUT2D eigenvalue weighted by Crippen LogP contribution is -2.89. The number of hydrogen-bond acceptors (Lipinski definition) is 20. The number of nitrogens with zero attached hydrogens (tertiary/aromatic N) is 1. The third kappa shape index (κ3) is 7.74. The Hall–Kier alpha value is -6.67. The molecule has 2 aliphatic carbocycles. The van der Waals surface area contributed by atoms with Crippen LogP contribution in [0.15, 0.2) is 71.7 Å². The molecule has 0 radical (unpaired) electrons. The SMILES string of the molecule is CC(=O)OCC12C(OC(C)=O)C(OC(C)=O)C3C(OC(=O)c4ccccc4)C14OC3(C)COC(=O)c1cccnc1C(C)C(C)C(=O)OC(C(OC(=O)c1ccoc1)C2OC(C)=O)C4(C)O. The number of aliphatic hydroxyl groups is 1. The molecule has 3 fully saturated rings. The third-order valence-corrected chi connectivity index (χ3v) is 13.1. The summed E-state index contributed by atoms with van der Waals surface area (Å²) >= 11 is 0. The van der Waals surface area contributed by atoms with Gasteiger partial charge in [-0.3, -0.25) is 29.0 Å². The van der Waals surface area contributed by atoms with Crippen molar-refractivity contribution >= 4 is 47.8 Å². The van der Waals surface area contributed by atoms with Crippen LogP contribution >= 0.6 is 0 Å². The number of esters is 8. The quantitative estimate of drug-likeness (QED) is 0.238. The number of ether oxygens (including phenoxy) is 9. The van der Waals surface area contributed by atoms with E-state index in [1.807, 2.05) is 0 Å². The van der Waals surface area contributed by atoms with E-state index >= 15 is 0 Å². The fourth-order valence-corrected chi connectivity index (χ4v) is 10.2. The Morgan fingerprint density at radius 1 is 0.742 bits per heavy atom. The maximum Gasteiger partial charge on any atom is 0.341 e. The van der Waals surface area contributed by atoms with E-state index in [0.717, 1.165) is 47.1 Å². The van der Waals surface area contributed by atoms with Crippen LogP contribution in [0.5, 0.6) is 0 Å². The number of rotatable bonds is 9. The maximum absolute atomic E-state index is 14.7. The number of aromatic nitrogens is 1.